The number of aromatic nitrogens is 2. The van der Waals surface area contributed by atoms with Crippen molar-refractivity contribution < 1.29 is 4.74 Å². The maximum Gasteiger partial charge on any atom is 0.145 e. The van der Waals surface area contributed by atoms with Crippen molar-refractivity contribution in [1.29, 1.82) is 0 Å². The van der Waals surface area contributed by atoms with Crippen molar-refractivity contribution in [2.45, 2.75) is 13.0 Å². The number of nitrogens with zero attached hydrogens (tertiary/aromatic N) is 2. The van der Waals surface area contributed by atoms with Crippen LogP contribution in [0.4, 0.5) is 0 Å². The number of fused-ring (bicyclic) bond motifs is 1. The molecule has 0 bridgehead atoms. The summed E-state index contributed by atoms with van der Waals surface area (Å²) >= 11 is 12.2. The average Bonchev–Trinajstić information content (AvgIpc) is 2.99. The number of rotatable bonds is 6. The number of hydrogen-bond acceptors (Lipinski definition) is 3. The molecule has 4 nitrogen and oxygen atoms in total. The van der Waals surface area contributed by atoms with Crippen molar-refractivity contribution in [3.05, 3.63) is 52.0 Å². The van der Waals surface area contributed by atoms with E-state index in [2.05, 4.69) is 20.9 Å². The second kappa shape index (κ2) is 7.18. The number of benzene rings is 1. The summed E-state index contributed by atoms with van der Waals surface area (Å²) in [4.78, 5) is 4.03. The van der Waals surface area contributed by atoms with Crippen LogP contribution in [-0.4, -0.2) is 29.2 Å². The van der Waals surface area contributed by atoms with E-state index in [0.29, 0.717) is 16.7 Å². The van der Waals surface area contributed by atoms with Crippen molar-refractivity contribution in [3.8, 4) is 5.75 Å². The van der Waals surface area contributed by atoms with Crippen molar-refractivity contribution in [3.63, 3.8) is 0 Å². The first kappa shape index (κ1) is 15.4. The SMILES string of the molecule is Clc1cc(Cl)c2c(c1)C=C(CNCCCn1ccnc1)CO2. The molecule has 0 aliphatic carbocycles. The van der Waals surface area contributed by atoms with E-state index in [1.807, 2.05) is 18.6 Å². The van der Waals surface area contributed by atoms with E-state index < -0.39 is 0 Å². The second-order valence-electron chi connectivity index (χ2n) is 5.23. The molecular weight excluding hydrogens is 321 g/mol. The van der Waals surface area contributed by atoms with Crippen LogP contribution in [-0.2, 0) is 6.54 Å². The molecule has 3 rings (SSSR count). The van der Waals surface area contributed by atoms with Crippen molar-refractivity contribution in [1.82, 2.24) is 14.9 Å². The maximum atomic E-state index is 6.13. The smallest absolute Gasteiger partial charge is 0.145 e. The molecule has 0 atom stereocenters. The second-order valence-corrected chi connectivity index (χ2v) is 6.07. The van der Waals surface area contributed by atoms with Crippen LogP contribution in [0, 0.1) is 0 Å². The Labute approximate surface area is 139 Å². The molecule has 0 amide bonds. The molecule has 116 valence electrons. The highest BCUT2D eigenvalue weighted by Crippen LogP contribution is 2.36. The van der Waals surface area contributed by atoms with Crippen LogP contribution in [0.1, 0.15) is 12.0 Å². The first-order valence-corrected chi connectivity index (χ1v) is 7.96. The fourth-order valence-corrected chi connectivity index (χ4v) is 2.99. The van der Waals surface area contributed by atoms with E-state index in [9.17, 15) is 0 Å². The molecule has 1 aliphatic heterocycles. The molecule has 2 aromatic rings. The van der Waals surface area contributed by atoms with Gasteiger partial charge in [-0.15, -0.1) is 0 Å². The molecule has 1 aliphatic rings. The molecule has 22 heavy (non-hydrogen) atoms. The van der Waals surface area contributed by atoms with Crippen LogP contribution in [0.3, 0.4) is 0 Å². The Morgan fingerprint density at radius 3 is 3.05 bits per heavy atom. The lowest BCUT2D eigenvalue weighted by molar-refractivity contribution is 0.343. The maximum absolute atomic E-state index is 6.13. The molecule has 0 saturated heterocycles. The summed E-state index contributed by atoms with van der Waals surface area (Å²) in [5, 5.41) is 4.61. The normalized spacial score (nSPS) is 13.5. The Morgan fingerprint density at radius 2 is 2.23 bits per heavy atom. The summed E-state index contributed by atoms with van der Waals surface area (Å²) in [6, 6.07) is 3.58. The Balaban J connectivity index is 1.50. The number of imidazole rings is 1. The standard InChI is InChI=1S/C16H17Cl2N3O/c17-14-7-13-6-12(10-22-16(13)15(18)8-14)9-19-2-1-4-21-5-3-20-11-21/h3,5-8,11,19H,1-2,4,9-10H2. The molecule has 0 unspecified atom stereocenters. The van der Waals surface area contributed by atoms with E-state index in [1.54, 1.807) is 12.3 Å². The highest BCUT2D eigenvalue weighted by molar-refractivity contribution is 6.36. The zero-order valence-electron chi connectivity index (χ0n) is 12.1. The van der Waals surface area contributed by atoms with E-state index in [4.69, 9.17) is 27.9 Å². The molecule has 0 saturated carbocycles. The molecule has 1 N–H and O–H groups in total. The van der Waals surface area contributed by atoms with E-state index in [0.717, 1.165) is 37.4 Å². The summed E-state index contributed by atoms with van der Waals surface area (Å²) in [7, 11) is 0. The number of aryl methyl sites for hydroxylation is 1. The summed E-state index contributed by atoms with van der Waals surface area (Å²) in [5.41, 5.74) is 2.13. The first-order chi connectivity index (χ1) is 10.7. The lowest BCUT2D eigenvalue weighted by atomic mass is 10.1. The van der Waals surface area contributed by atoms with Gasteiger partial charge in [0.2, 0.25) is 0 Å². The zero-order chi connectivity index (χ0) is 15.4. The third kappa shape index (κ3) is 3.83. The van der Waals surface area contributed by atoms with Gasteiger partial charge in [-0.05, 0) is 36.7 Å². The number of ether oxygens (including phenoxy) is 1. The quantitative estimate of drug-likeness (QED) is 0.818. The minimum Gasteiger partial charge on any atom is -0.487 e. The number of hydrogen-bond donors (Lipinski definition) is 1. The van der Waals surface area contributed by atoms with Crippen molar-refractivity contribution in [2.24, 2.45) is 0 Å². The minimum absolute atomic E-state index is 0.558. The van der Waals surface area contributed by atoms with Gasteiger partial charge in [0.15, 0.2) is 0 Å². The Kier molecular flexibility index (Phi) is 5.03. The Morgan fingerprint density at radius 1 is 1.32 bits per heavy atom. The molecule has 0 spiro atoms. The monoisotopic (exact) mass is 337 g/mol. The van der Waals surface area contributed by atoms with Gasteiger partial charge in [-0.1, -0.05) is 23.2 Å². The summed E-state index contributed by atoms with van der Waals surface area (Å²) in [5.74, 6) is 0.718. The third-order valence-electron chi connectivity index (χ3n) is 3.48. The predicted octanol–water partition coefficient (Wildman–Crippen LogP) is 3.65. The Hall–Kier alpha value is -1.49. The van der Waals surface area contributed by atoms with Gasteiger partial charge in [-0.3, -0.25) is 0 Å². The van der Waals surface area contributed by atoms with Crippen LogP contribution in [0.2, 0.25) is 10.0 Å². The van der Waals surface area contributed by atoms with Gasteiger partial charge in [-0.25, -0.2) is 4.98 Å². The lowest BCUT2D eigenvalue weighted by Gasteiger charge is -2.19. The van der Waals surface area contributed by atoms with Gasteiger partial charge < -0.3 is 14.6 Å². The highest BCUT2D eigenvalue weighted by Gasteiger charge is 2.15. The van der Waals surface area contributed by atoms with Gasteiger partial charge in [0.25, 0.3) is 0 Å². The van der Waals surface area contributed by atoms with Crippen LogP contribution < -0.4 is 10.1 Å². The van der Waals surface area contributed by atoms with Crippen LogP contribution >= 0.6 is 23.2 Å². The molecule has 1 aromatic heterocycles. The molecule has 0 fully saturated rings. The van der Waals surface area contributed by atoms with Gasteiger partial charge in [0.05, 0.1) is 11.3 Å². The largest absolute Gasteiger partial charge is 0.487 e. The number of nitrogens with one attached hydrogen (secondary N) is 1. The van der Waals surface area contributed by atoms with Crippen LogP contribution in [0.5, 0.6) is 5.75 Å². The topological polar surface area (TPSA) is 39.1 Å². The summed E-state index contributed by atoms with van der Waals surface area (Å²) < 4.78 is 7.80. The fraction of sp³-hybridized carbons (Fsp3) is 0.312. The van der Waals surface area contributed by atoms with E-state index >= 15 is 0 Å². The molecule has 0 radical (unpaired) electrons. The molecular formula is C16H17Cl2N3O. The van der Waals surface area contributed by atoms with E-state index in [-0.39, 0.29) is 0 Å². The van der Waals surface area contributed by atoms with Crippen LogP contribution in [0.15, 0.2) is 36.4 Å². The molecule has 6 heteroatoms. The van der Waals surface area contributed by atoms with Gasteiger partial charge in [0.1, 0.15) is 12.4 Å². The van der Waals surface area contributed by atoms with Crippen molar-refractivity contribution in [2.75, 3.05) is 19.7 Å². The summed E-state index contributed by atoms with van der Waals surface area (Å²) in [6.45, 7) is 3.27. The van der Waals surface area contributed by atoms with Crippen molar-refractivity contribution >= 4 is 29.3 Å². The summed E-state index contributed by atoms with van der Waals surface area (Å²) in [6.07, 6.45) is 8.76. The van der Waals surface area contributed by atoms with Gasteiger partial charge in [-0.2, -0.15) is 0 Å². The third-order valence-corrected chi connectivity index (χ3v) is 3.98. The number of halogens is 2. The molecule has 1 aromatic carbocycles. The van der Waals surface area contributed by atoms with E-state index in [1.165, 1.54) is 5.57 Å². The van der Waals surface area contributed by atoms with Crippen LogP contribution in [0.25, 0.3) is 6.08 Å². The first-order valence-electron chi connectivity index (χ1n) is 7.20. The molecule has 2 heterocycles. The average molecular weight is 338 g/mol. The predicted molar refractivity (Wildman–Crippen MR) is 89.6 cm³/mol. The fourth-order valence-electron chi connectivity index (χ4n) is 2.42. The highest BCUT2D eigenvalue weighted by atomic mass is 35.5. The minimum atomic E-state index is 0.558. The lowest BCUT2D eigenvalue weighted by Crippen LogP contribution is -2.23. The van der Waals surface area contributed by atoms with Gasteiger partial charge >= 0.3 is 0 Å². The van der Waals surface area contributed by atoms with Gasteiger partial charge in [0, 0.05) is 36.1 Å². The Bertz CT molecular complexity index is 668. The zero-order valence-corrected chi connectivity index (χ0v) is 13.6.